The van der Waals surface area contributed by atoms with Gasteiger partial charge in [-0.1, -0.05) is 25.1 Å². The SMILES string of the molecule is CCc1ccccc1NC(=O)CCN1CCCOC(C)C1. The molecule has 116 valence electrons. The predicted molar refractivity (Wildman–Crippen MR) is 85.5 cm³/mol. The fourth-order valence-electron chi connectivity index (χ4n) is 2.71. The minimum atomic E-state index is 0.0914. The highest BCUT2D eigenvalue weighted by Gasteiger charge is 2.16. The predicted octanol–water partition coefficient (Wildman–Crippen LogP) is 2.69. The maximum Gasteiger partial charge on any atom is 0.225 e. The Morgan fingerprint density at radius 2 is 2.24 bits per heavy atom. The normalized spacial score (nSPS) is 20.0. The summed E-state index contributed by atoms with van der Waals surface area (Å²) in [6, 6.07) is 8.00. The van der Waals surface area contributed by atoms with Crippen molar-refractivity contribution in [1.29, 1.82) is 0 Å². The third-order valence-corrected chi connectivity index (χ3v) is 3.86. The zero-order valence-electron chi connectivity index (χ0n) is 13.1. The average Bonchev–Trinajstić information content (AvgIpc) is 2.70. The Morgan fingerprint density at radius 1 is 1.43 bits per heavy atom. The molecule has 21 heavy (non-hydrogen) atoms. The number of aryl methyl sites for hydroxylation is 1. The number of amides is 1. The zero-order chi connectivity index (χ0) is 15.1. The lowest BCUT2D eigenvalue weighted by Crippen LogP contribution is -2.33. The third kappa shape index (κ3) is 5.14. The molecule has 0 radical (unpaired) electrons. The molecule has 1 aliphatic rings. The van der Waals surface area contributed by atoms with E-state index in [1.54, 1.807) is 0 Å². The molecule has 1 aromatic rings. The van der Waals surface area contributed by atoms with Crippen LogP contribution in [0.4, 0.5) is 5.69 Å². The molecule has 1 aliphatic heterocycles. The summed E-state index contributed by atoms with van der Waals surface area (Å²) in [6.07, 6.45) is 2.77. The average molecular weight is 290 g/mol. The van der Waals surface area contributed by atoms with Crippen LogP contribution in [0.25, 0.3) is 0 Å². The number of carbonyl (C=O) groups is 1. The maximum atomic E-state index is 12.1. The summed E-state index contributed by atoms with van der Waals surface area (Å²) in [6.45, 7) is 7.75. The van der Waals surface area contributed by atoms with Gasteiger partial charge in [-0.25, -0.2) is 0 Å². The van der Waals surface area contributed by atoms with Gasteiger partial charge in [0.15, 0.2) is 0 Å². The molecular formula is C17H26N2O2. The number of rotatable bonds is 5. The zero-order valence-corrected chi connectivity index (χ0v) is 13.1. The Balaban J connectivity index is 1.81. The van der Waals surface area contributed by atoms with Gasteiger partial charge < -0.3 is 15.0 Å². The van der Waals surface area contributed by atoms with Crippen molar-refractivity contribution in [3.8, 4) is 0 Å². The highest BCUT2D eigenvalue weighted by molar-refractivity contribution is 5.91. The summed E-state index contributed by atoms with van der Waals surface area (Å²) in [5.41, 5.74) is 2.13. The topological polar surface area (TPSA) is 41.6 Å². The van der Waals surface area contributed by atoms with Crippen LogP contribution in [0, 0.1) is 0 Å². The molecule has 1 heterocycles. The van der Waals surface area contributed by atoms with Crippen molar-refractivity contribution in [3.63, 3.8) is 0 Å². The molecule has 1 fully saturated rings. The Labute approximate surface area is 127 Å². The molecule has 2 rings (SSSR count). The monoisotopic (exact) mass is 290 g/mol. The van der Waals surface area contributed by atoms with Crippen molar-refractivity contribution < 1.29 is 9.53 Å². The quantitative estimate of drug-likeness (QED) is 0.906. The number of nitrogens with zero attached hydrogens (tertiary/aromatic N) is 1. The van der Waals surface area contributed by atoms with Gasteiger partial charge in [0.1, 0.15) is 0 Å². The van der Waals surface area contributed by atoms with Crippen LogP contribution in [-0.4, -0.2) is 43.2 Å². The van der Waals surface area contributed by atoms with E-state index in [9.17, 15) is 4.79 Å². The molecule has 0 bridgehead atoms. The van der Waals surface area contributed by atoms with E-state index in [-0.39, 0.29) is 12.0 Å². The van der Waals surface area contributed by atoms with Crippen LogP contribution >= 0.6 is 0 Å². The van der Waals surface area contributed by atoms with Crippen molar-refractivity contribution in [2.75, 3.05) is 31.6 Å². The molecule has 1 amide bonds. The van der Waals surface area contributed by atoms with Crippen LogP contribution < -0.4 is 5.32 Å². The van der Waals surface area contributed by atoms with Crippen LogP contribution in [-0.2, 0) is 16.0 Å². The summed E-state index contributed by atoms with van der Waals surface area (Å²) in [5, 5.41) is 3.03. The van der Waals surface area contributed by atoms with E-state index in [2.05, 4.69) is 30.1 Å². The molecule has 1 unspecified atom stereocenters. The molecule has 4 nitrogen and oxygen atoms in total. The van der Waals surface area contributed by atoms with Gasteiger partial charge >= 0.3 is 0 Å². The smallest absolute Gasteiger partial charge is 0.225 e. The van der Waals surface area contributed by atoms with Gasteiger partial charge in [-0.05, 0) is 31.4 Å². The fraction of sp³-hybridized carbons (Fsp3) is 0.588. The van der Waals surface area contributed by atoms with Crippen molar-refractivity contribution in [2.45, 2.75) is 39.2 Å². The van der Waals surface area contributed by atoms with Gasteiger partial charge in [0.2, 0.25) is 5.91 Å². The molecule has 0 spiro atoms. The standard InChI is InChI=1S/C17H26N2O2/c1-3-15-7-4-5-8-16(15)18-17(20)9-11-19-10-6-12-21-14(2)13-19/h4-5,7-8,14H,3,6,9-13H2,1-2H3,(H,18,20). The fourth-order valence-corrected chi connectivity index (χ4v) is 2.71. The molecular weight excluding hydrogens is 264 g/mol. The van der Waals surface area contributed by atoms with E-state index in [1.807, 2.05) is 18.2 Å². The van der Waals surface area contributed by atoms with Crippen LogP contribution in [0.3, 0.4) is 0 Å². The lowest BCUT2D eigenvalue weighted by Gasteiger charge is -2.21. The van der Waals surface area contributed by atoms with Crippen LogP contribution in [0.15, 0.2) is 24.3 Å². The molecule has 1 atom stereocenters. The van der Waals surface area contributed by atoms with E-state index in [0.717, 1.165) is 44.8 Å². The van der Waals surface area contributed by atoms with Gasteiger partial charge in [0.25, 0.3) is 0 Å². The first-order valence-electron chi connectivity index (χ1n) is 7.90. The van der Waals surface area contributed by atoms with E-state index < -0.39 is 0 Å². The molecule has 0 aromatic heterocycles. The Kier molecular flexibility index (Phi) is 6.21. The number of para-hydroxylation sites is 1. The summed E-state index contributed by atoms with van der Waals surface area (Å²) >= 11 is 0. The van der Waals surface area contributed by atoms with E-state index >= 15 is 0 Å². The van der Waals surface area contributed by atoms with Crippen molar-refractivity contribution in [3.05, 3.63) is 29.8 Å². The van der Waals surface area contributed by atoms with Gasteiger partial charge in [-0.3, -0.25) is 4.79 Å². The van der Waals surface area contributed by atoms with Gasteiger partial charge in [-0.15, -0.1) is 0 Å². The number of carbonyl (C=O) groups excluding carboxylic acids is 1. The van der Waals surface area contributed by atoms with E-state index in [1.165, 1.54) is 5.56 Å². The molecule has 1 aromatic carbocycles. The van der Waals surface area contributed by atoms with Crippen molar-refractivity contribution in [1.82, 2.24) is 4.90 Å². The van der Waals surface area contributed by atoms with Crippen LogP contribution in [0.5, 0.6) is 0 Å². The minimum absolute atomic E-state index is 0.0914. The molecule has 1 N–H and O–H groups in total. The van der Waals surface area contributed by atoms with Crippen LogP contribution in [0.2, 0.25) is 0 Å². The van der Waals surface area contributed by atoms with E-state index in [0.29, 0.717) is 6.42 Å². The second-order valence-electron chi connectivity index (χ2n) is 5.64. The first-order valence-corrected chi connectivity index (χ1v) is 7.90. The van der Waals surface area contributed by atoms with Gasteiger partial charge in [-0.2, -0.15) is 0 Å². The summed E-state index contributed by atoms with van der Waals surface area (Å²) in [7, 11) is 0. The Bertz CT molecular complexity index is 462. The largest absolute Gasteiger partial charge is 0.377 e. The Hall–Kier alpha value is -1.39. The lowest BCUT2D eigenvalue weighted by atomic mass is 10.1. The second-order valence-corrected chi connectivity index (χ2v) is 5.64. The highest BCUT2D eigenvalue weighted by Crippen LogP contribution is 2.15. The first-order chi connectivity index (χ1) is 10.2. The number of benzene rings is 1. The highest BCUT2D eigenvalue weighted by atomic mass is 16.5. The molecule has 1 saturated heterocycles. The van der Waals surface area contributed by atoms with E-state index in [4.69, 9.17) is 4.74 Å². The molecule has 4 heteroatoms. The summed E-state index contributed by atoms with van der Waals surface area (Å²) in [5.74, 6) is 0.0914. The molecule has 0 aliphatic carbocycles. The molecule has 0 saturated carbocycles. The van der Waals surface area contributed by atoms with Crippen LogP contribution in [0.1, 0.15) is 32.3 Å². The maximum absolute atomic E-state index is 12.1. The first kappa shape index (κ1) is 16.0. The minimum Gasteiger partial charge on any atom is -0.377 e. The number of anilines is 1. The second kappa shape index (κ2) is 8.15. The number of ether oxygens (including phenoxy) is 1. The number of hydrogen-bond donors (Lipinski definition) is 1. The van der Waals surface area contributed by atoms with Crippen molar-refractivity contribution in [2.24, 2.45) is 0 Å². The summed E-state index contributed by atoms with van der Waals surface area (Å²) < 4.78 is 5.62. The van der Waals surface area contributed by atoms with Gasteiger partial charge in [0, 0.05) is 38.3 Å². The van der Waals surface area contributed by atoms with Crippen molar-refractivity contribution >= 4 is 11.6 Å². The van der Waals surface area contributed by atoms with Gasteiger partial charge in [0.05, 0.1) is 6.10 Å². The lowest BCUT2D eigenvalue weighted by molar-refractivity contribution is -0.116. The number of nitrogens with one attached hydrogen (secondary N) is 1. The number of hydrogen-bond acceptors (Lipinski definition) is 3. The Morgan fingerprint density at radius 3 is 3.05 bits per heavy atom. The third-order valence-electron chi connectivity index (χ3n) is 3.86. The summed E-state index contributed by atoms with van der Waals surface area (Å²) in [4.78, 5) is 14.4.